The Hall–Kier alpha value is -3.00. The van der Waals surface area contributed by atoms with Crippen molar-refractivity contribution in [1.29, 1.82) is 0 Å². The topological polar surface area (TPSA) is 140 Å². The number of sulfonamides is 1. The van der Waals surface area contributed by atoms with Crippen molar-refractivity contribution in [2.24, 2.45) is 0 Å². The van der Waals surface area contributed by atoms with Crippen molar-refractivity contribution < 1.29 is 27.4 Å². The standard InChI is InChI=1S/C24H31ClN6O6S/c1-15(22(36-4)23-26-12-16(25)13-27-23)38(32,33)30-24-29-28-20(14-37-17-8-5-6-9-17)31(24)21-18(34-2)10-7-11-19(21)35-3/h7,10-13,15,17,22H,5-6,8-9,14H2,1-4H3,(H,29,30). The molecule has 1 fully saturated rings. The van der Waals surface area contributed by atoms with E-state index >= 15 is 0 Å². The van der Waals surface area contributed by atoms with Gasteiger partial charge in [-0.25, -0.2) is 18.4 Å². The van der Waals surface area contributed by atoms with Crippen LogP contribution in [-0.4, -0.2) is 65.8 Å². The maximum Gasteiger partial charge on any atom is 0.243 e. The number of rotatable bonds is 12. The van der Waals surface area contributed by atoms with Crippen LogP contribution in [0, 0.1) is 0 Å². The quantitative estimate of drug-likeness (QED) is 0.345. The second kappa shape index (κ2) is 12.2. The second-order valence-corrected chi connectivity index (χ2v) is 11.2. The van der Waals surface area contributed by atoms with Crippen LogP contribution in [0.4, 0.5) is 5.95 Å². The second-order valence-electron chi connectivity index (χ2n) is 8.77. The van der Waals surface area contributed by atoms with Gasteiger partial charge in [0.2, 0.25) is 16.0 Å². The van der Waals surface area contributed by atoms with E-state index in [1.165, 1.54) is 45.2 Å². The van der Waals surface area contributed by atoms with Crippen LogP contribution in [0.1, 0.15) is 50.4 Å². The minimum atomic E-state index is -4.10. The molecule has 2 unspecified atom stereocenters. The van der Waals surface area contributed by atoms with Crippen LogP contribution < -0.4 is 14.2 Å². The van der Waals surface area contributed by atoms with Gasteiger partial charge in [-0.3, -0.25) is 9.29 Å². The number of methoxy groups -OCH3 is 3. The molecule has 14 heteroatoms. The third-order valence-corrected chi connectivity index (χ3v) is 8.29. The SMILES string of the molecule is COc1cccc(OC)c1-n1c(COC2CCCC2)nnc1NS(=O)(=O)C(C)C(OC)c1ncc(Cl)cn1. The van der Waals surface area contributed by atoms with E-state index in [-0.39, 0.29) is 24.5 Å². The minimum Gasteiger partial charge on any atom is -0.494 e. The third kappa shape index (κ3) is 6.01. The summed E-state index contributed by atoms with van der Waals surface area (Å²) in [7, 11) is 0.306. The van der Waals surface area contributed by atoms with Gasteiger partial charge in [-0.1, -0.05) is 30.5 Å². The molecule has 2 heterocycles. The molecule has 0 spiro atoms. The number of ether oxygens (including phenoxy) is 4. The highest BCUT2D eigenvalue weighted by atomic mass is 35.5. The minimum absolute atomic E-state index is 0.0588. The molecule has 1 saturated carbocycles. The average Bonchev–Trinajstić information content (AvgIpc) is 3.58. The van der Waals surface area contributed by atoms with E-state index in [1.54, 1.807) is 18.2 Å². The number of nitrogens with one attached hydrogen (secondary N) is 1. The molecule has 206 valence electrons. The smallest absolute Gasteiger partial charge is 0.243 e. The van der Waals surface area contributed by atoms with E-state index in [2.05, 4.69) is 24.9 Å². The van der Waals surface area contributed by atoms with Gasteiger partial charge >= 0.3 is 0 Å². The molecule has 1 aliphatic rings. The summed E-state index contributed by atoms with van der Waals surface area (Å²) in [5.74, 6) is 1.37. The molecule has 2 atom stereocenters. The number of para-hydroxylation sites is 1. The van der Waals surface area contributed by atoms with Gasteiger partial charge in [-0.2, -0.15) is 0 Å². The first kappa shape index (κ1) is 28.0. The van der Waals surface area contributed by atoms with E-state index in [4.69, 9.17) is 30.5 Å². The third-order valence-electron chi connectivity index (χ3n) is 6.40. The summed E-state index contributed by atoms with van der Waals surface area (Å²) in [5.41, 5.74) is 0.433. The lowest BCUT2D eigenvalue weighted by Crippen LogP contribution is -2.33. The van der Waals surface area contributed by atoms with Crippen molar-refractivity contribution in [3.05, 3.63) is 47.3 Å². The van der Waals surface area contributed by atoms with Crippen LogP contribution >= 0.6 is 11.6 Å². The number of halogens is 1. The maximum absolute atomic E-state index is 13.6. The summed E-state index contributed by atoms with van der Waals surface area (Å²) in [5, 5.41) is 7.64. The number of hydrogen-bond acceptors (Lipinski definition) is 10. The van der Waals surface area contributed by atoms with Gasteiger partial charge in [-0.15, -0.1) is 10.2 Å². The van der Waals surface area contributed by atoms with Crippen molar-refractivity contribution in [3.63, 3.8) is 0 Å². The maximum atomic E-state index is 13.6. The van der Waals surface area contributed by atoms with Gasteiger partial charge in [0.15, 0.2) is 11.6 Å². The monoisotopic (exact) mass is 566 g/mol. The molecule has 0 amide bonds. The van der Waals surface area contributed by atoms with Crippen molar-refractivity contribution in [1.82, 2.24) is 24.7 Å². The number of nitrogens with zero attached hydrogens (tertiary/aromatic N) is 5. The van der Waals surface area contributed by atoms with Crippen LogP contribution in [0.2, 0.25) is 5.02 Å². The highest BCUT2D eigenvalue weighted by Crippen LogP contribution is 2.36. The number of hydrogen-bond donors (Lipinski definition) is 1. The molecule has 2 aromatic heterocycles. The van der Waals surface area contributed by atoms with E-state index in [0.717, 1.165) is 25.7 Å². The van der Waals surface area contributed by atoms with Crippen molar-refractivity contribution in [2.45, 2.75) is 56.7 Å². The Morgan fingerprint density at radius 1 is 1.08 bits per heavy atom. The zero-order valence-electron chi connectivity index (χ0n) is 21.6. The summed E-state index contributed by atoms with van der Waals surface area (Å²) in [4.78, 5) is 8.25. The summed E-state index contributed by atoms with van der Waals surface area (Å²) >= 11 is 5.89. The highest BCUT2D eigenvalue weighted by molar-refractivity contribution is 7.93. The van der Waals surface area contributed by atoms with Gasteiger partial charge in [0.1, 0.15) is 35.1 Å². The molecule has 0 bridgehead atoms. The predicted molar refractivity (Wildman–Crippen MR) is 140 cm³/mol. The van der Waals surface area contributed by atoms with Crippen LogP contribution in [0.25, 0.3) is 5.69 Å². The first-order valence-corrected chi connectivity index (χ1v) is 14.0. The molecule has 1 aromatic carbocycles. The largest absolute Gasteiger partial charge is 0.494 e. The van der Waals surface area contributed by atoms with E-state index in [1.807, 2.05) is 0 Å². The molecule has 3 aromatic rings. The Morgan fingerprint density at radius 3 is 2.29 bits per heavy atom. The fourth-order valence-electron chi connectivity index (χ4n) is 4.37. The average molecular weight is 567 g/mol. The first-order chi connectivity index (χ1) is 18.3. The van der Waals surface area contributed by atoms with Crippen LogP contribution in [0.3, 0.4) is 0 Å². The van der Waals surface area contributed by atoms with Gasteiger partial charge in [0.05, 0.1) is 25.3 Å². The Balaban J connectivity index is 1.72. The molecule has 38 heavy (non-hydrogen) atoms. The number of aromatic nitrogens is 5. The van der Waals surface area contributed by atoms with E-state index < -0.39 is 21.4 Å². The molecular formula is C24H31ClN6O6S. The van der Waals surface area contributed by atoms with Crippen molar-refractivity contribution in [3.8, 4) is 17.2 Å². The van der Waals surface area contributed by atoms with E-state index in [9.17, 15) is 8.42 Å². The lowest BCUT2D eigenvalue weighted by atomic mass is 10.2. The van der Waals surface area contributed by atoms with Crippen LogP contribution in [0.15, 0.2) is 30.6 Å². The molecule has 12 nitrogen and oxygen atoms in total. The molecular weight excluding hydrogens is 536 g/mol. The highest BCUT2D eigenvalue weighted by Gasteiger charge is 2.35. The Kier molecular flexibility index (Phi) is 9.03. The zero-order chi connectivity index (χ0) is 27.3. The normalized spacial score (nSPS) is 15.8. The molecule has 0 aliphatic heterocycles. The van der Waals surface area contributed by atoms with E-state index in [0.29, 0.717) is 28.0 Å². The Labute approximate surface area is 226 Å². The summed E-state index contributed by atoms with van der Waals surface area (Å²) in [6.07, 6.45) is 6.04. The Bertz CT molecular complexity index is 1310. The van der Waals surface area contributed by atoms with Crippen molar-refractivity contribution >= 4 is 27.6 Å². The van der Waals surface area contributed by atoms with Gasteiger partial charge < -0.3 is 18.9 Å². The first-order valence-electron chi connectivity index (χ1n) is 12.1. The van der Waals surface area contributed by atoms with Gasteiger partial charge in [0.25, 0.3) is 0 Å². The lowest BCUT2D eigenvalue weighted by molar-refractivity contribution is 0.0409. The number of anilines is 1. The molecule has 0 radical (unpaired) electrons. The molecule has 0 saturated heterocycles. The summed E-state index contributed by atoms with van der Waals surface area (Å²) < 4.78 is 53.9. The molecule has 4 rings (SSSR count). The number of benzene rings is 1. The summed E-state index contributed by atoms with van der Waals surface area (Å²) in [6.45, 7) is 1.61. The fourth-order valence-corrected chi connectivity index (χ4v) is 5.60. The van der Waals surface area contributed by atoms with Gasteiger partial charge in [-0.05, 0) is 31.9 Å². The summed E-state index contributed by atoms with van der Waals surface area (Å²) in [6, 6.07) is 5.24. The zero-order valence-corrected chi connectivity index (χ0v) is 23.2. The Morgan fingerprint density at radius 2 is 1.71 bits per heavy atom. The molecule has 1 N–H and O–H groups in total. The van der Waals surface area contributed by atoms with Crippen LogP contribution in [-0.2, 0) is 26.1 Å². The van der Waals surface area contributed by atoms with Gasteiger partial charge in [0, 0.05) is 19.5 Å². The lowest BCUT2D eigenvalue weighted by Gasteiger charge is -2.23. The van der Waals surface area contributed by atoms with Crippen molar-refractivity contribution in [2.75, 3.05) is 26.1 Å². The van der Waals surface area contributed by atoms with Crippen LogP contribution in [0.5, 0.6) is 11.5 Å². The fraction of sp³-hybridized carbons (Fsp3) is 0.500. The predicted octanol–water partition coefficient (Wildman–Crippen LogP) is 3.71. The molecule has 1 aliphatic carbocycles.